The number of nitrogens with zero attached hydrogens (tertiary/aromatic N) is 2. The van der Waals surface area contributed by atoms with Gasteiger partial charge in [0.2, 0.25) is 0 Å². The molecule has 14 heavy (non-hydrogen) atoms. The maximum Gasteiger partial charge on any atom is 0.155 e. The summed E-state index contributed by atoms with van der Waals surface area (Å²) in [5.74, 6) is 0. The Morgan fingerprint density at radius 2 is 2.36 bits per heavy atom. The maximum absolute atomic E-state index is 4.24. The molecule has 0 saturated carbocycles. The third-order valence-electron chi connectivity index (χ3n) is 1.90. The highest BCUT2D eigenvalue weighted by Crippen LogP contribution is 2.11. The van der Waals surface area contributed by atoms with Gasteiger partial charge in [0.1, 0.15) is 0 Å². The van der Waals surface area contributed by atoms with Crippen LogP contribution in [0, 0.1) is 0 Å². The summed E-state index contributed by atoms with van der Waals surface area (Å²) in [7, 11) is 0. The molecule has 0 aliphatic carbocycles. The largest absolute Gasteiger partial charge is 0.261 e. The van der Waals surface area contributed by atoms with Crippen LogP contribution in [0.15, 0.2) is 24.5 Å². The summed E-state index contributed by atoms with van der Waals surface area (Å²) in [5, 5.41) is 8.78. The smallest absolute Gasteiger partial charge is 0.155 e. The third kappa shape index (κ3) is 2.01. The number of rotatable bonds is 3. The Kier molecular flexibility index (Phi) is 2.93. The van der Waals surface area contributed by atoms with Crippen LogP contribution in [-0.2, 0) is 0 Å². The van der Waals surface area contributed by atoms with Gasteiger partial charge < -0.3 is 0 Å². The predicted octanol–water partition coefficient (Wildman–Crippen LogP) is 2.76. The fourth-order valence-electron chi connectivity index (χ4n) is 1.23. The minimum absolute atomic E-state index is 0.836. The van der Waals surface area contributed by atoms with Crippen molar-refractivity contribution in [3.05, 3.63) is 30.1 Å². The molecular formula is C10H10BrN3. The van der Waals surface area contributed by atoms with Gasteiger partial charge >= 0.3 is 0 Å². The van der Waals surface area contributed by atoms with Gasteiger partial charge in [-0.15, -0.1) is 0 Å². The fraction of sp³-hybridized carbons (Fsp3) is 0.200. The molecule has 0 aliphatic heterocycles. The highest BCUT2D eigenvalue weighted by atomic mass is 79.9. The van der Waals surface area contributed by atoms with E-state index in [0.717, 1.165) is 28.3 Å². The number of hydrogen-bond donors (Lipinski definition) is 1. The van der Waals surface area contributed by atoms with E-state index in [-0.39, 0.29) is 0 Å². The number of aromatic nitrogens is 3. The van der Waals surface area contributed by atoms with Gasteiger partial charge in [-0.2, -0.15) is 5.10 Å². The van der Waals surface area contributed by atoms with E-state index in [1.807, 2.05) is 6.20 Å². The summed E-state index contributed by atoms with van der Waals surface area (Å²) >= 11 is 3.37. The van der Waals surface area contributed by atoms with Crippen LogP contribution in [0.1, 0.15) is 12.0 Å². The Labute approximate surface area is 90.4 Å². The summed E-state index contributed by atoms with van der Waals surface area (Å²) in [6.45, 7) is 0. The number of pyridine rings is 1. The molecule has 0 aromatic carbocycles. The molecule has 2 heterocycles. The number of alkyl halides is 1. The highest BCUT2D eigenvalue weighted by molar-refractivity contribution is 9.09. The van der Waals surface area contributed by atoms with Crippen molar-refractivity contribution in [3.8, 4) is 0 Å². The second kappa shape index (κ2) is 4.37. The first-order valence-electron chi connectivity index (χ1n) is 4.42. The van der Waals surface area contributed by atoms with Crippen molar-refractivity contribution in [1.29, 1.82) is 0 Å². The van der Waals surface area contributed by atoms with Crippen LogP contribution in [0.25, 0.3) is 17.1 Å². The lowest BCUT2D eigenvalue weighted by Gasteiger charge is -1.92. The standard InChI is InChI=1S/C10H10BrN3/c11-4-2-1-3-8-5-9-7-13-14-10(9)12-6-8/h1,3,5-7H,2,4H2,(H,12,13,14). The molecule has 0 unspecified atom stereocenters. The number of aromatic amines is 1. The van der Waals surface area contributed by atoms with E-state index in [4.69, 9.17) is 0 Å². The first kappa shape index (κ1) is 9.40. The number of allylic oxidation sites excluding steroid dienone is 1. The van der Waals surface area contributed by atoms with Gasteiger partial charge in [0.05, 0.1) is 6.20 Å². The Bertz CT molecular complexity index is 447. The van der Waals surface area contributed by atoms with Crippen LogP contribution in [0.4, 0.5) is 0 Å². The summed E-state index contributed by atoms with van der Waals surface area (Å²) < 4.78 is 0. The van der Waals surface area contributed by atoms with Crippen LogP contribution in [-0.4, -0.2) is 20.5 Å². The number of hydrogen-bond acceptors (Lipinski definition) is 2. The van der Waals surface area contributed by atoms with Crippen LogP contribution in [0.5, 0.6) is 0 Å². The molecule has 0 aliphatic rings. The van der Waals surface area contributed by atoms with Crippen molar-refractivity contribution in [2.45, 2.75) is 6.42 Å². The summed E-state index contributed by atoms with van der Waals surface area (Å²) in [5.41, 5.74) is 1.95. The average Bonchev–Trinajstić information content (AvgIpc) is 2.65. The van der Waals surface area contributed by atoms with Gasteiger partial charge in [0, 0.05) is 16.9 Å². The second-order valence-corrected chi connectivity index (χ2v) is 3.75. The van der Waals surface area contributed by atoms with Crippen molar-refractivity contribution in [3.63, 3.8) is 0 Å². The lowest BCUT2D eigenvalue weighted by atomic mass is 10.2. The minimum atomic E-state index is 0.836. The van der Waals surface area contributed by atoms with E-state index in [0.29, 0.717) is 0 Å². The Morgan fingerprint density at radius 1 is 1.43 bits per heavy atom. The lowest BCUT2D eigenvalue weighted by molar-refractivity contribution is 1.10. The summed E-state index contributed by atoms with van der Waals surface area (Å²) in [6.07, 6.45) is 8.84. The average molecular weight is 252 g/mol. The quantitative estimate of drug-likeness (QED) is 0.853. The predicted molar refractivity (Wildman–Crippen MR) is 61.3 cm³/mol. The van der Waals surface area contributed by atoms with Crippen LogP contribution < -0.4 is 0 Å². The Morgan fingerprint density at radius 3 is 3.21 bits per heavy atom. The van der Waals surface area contributed by atoms with Gasteiger partial charge in [-0.1, -0.05) is 28.1 Å². The zero-order chi connectivity index (χ0) is 9.80. The zero-order valence-electron chi connectivity index (χ0n) is 7.57. The molecule has 0 saturated heterocycles. The number of H-pyrrole nitrogens is 1. The molecular weight excluding hydrogens is 242 g/mol. The SMILES string of the molecule is BrCCC=Cc1cnc2[nH]ncc2c1. The van der Waals surface area contributed by atoms with Crippen LogP contribution >= 0.6 is 15.9 Å². The molecule has 72 valence electrons. The van der Waals surface area contributed by atoms with Gasteiger partial charge in [0.25, 0.3) is 0 Å². The maximum atomic E-state index is 4.24. The van der Waals surface area contributed by atoms with Crippen molar-refractivity contribution >= 4 is 33.0 Å². The Balaban J connectivity index is 2.25. The summed E-state index contributed by atoms with van der Waals surface area (Å²) in [6, 6.07) is 2.07. The van der Waals surface area contributed by atoms with E-state index in [1.165, 1.54) is 0 Å². The van der Waals surface area contributed by atoms with E-state index >= 15 is 0 Å². The molecule has 4 heteroatoms. The molecule has 1 N–H and O–H groups in total. The topological polar surface area (TPSA) is 41.6 Å². The van der Waals surface area contributed by atoms with Crippen molar-refractivity contribution in [1.82, 2.24) is 15.2 Å². The second-order valence-electron chi connectivity index (χ2n) is 2.96. The first-order chi connectivity index (χ1) is 6.90. The lowest BCUT2D eigenvalue weighted by Crippen LogP contribution is -1.78. The molecule has 0 bridgehead atoms. The minimum Gasteiger partial charge on any atom is -0.261 e. The van der Waals surface area contributed by atoms with E-state index in [1.54, 1.807) is 6.20 Å². The van der Waals surface area contributed by atoms with Crippen molar-refractivity contribution in [2.75, 3.05) is 5.33 Å². The molecule has 2 rings (SSSR count). The summed E-state index contributed by atoms with van der Waals surface area (Å²) in [4.78, 5) is 4.24. The molecule has 3 nitrogen and oxygen atoms in total. The van der Waals surface area contributed by atoms with Gasteiger partial charge in [0.15, 0.2) is 5.65 Å². The molecule has 0 fully saturated rings. The molecule has 0 amide bonds. The van der Waals surface area contributed by atoms with Crippen molar-refractivity contribution < 1.29 is 0 Å². The number of nitrogens with one attached hydrogen (secondary N) is 1. The first-order valence-corrected chi connectivity index (χ1v) is 5.54. The van der Waals surface area contributed by atoms with Crippen molar-refractivity contribution in [2.24, 2.45) is 0 Å². The molecule has 2 aromatic heterocycles. The number of halogens is 1. The van der Waals surface area contributed by atoms with Crippen LogP contribution in [0.2, 0.25) is 0 Å². The number of fused-ring (bicyclic) bond motifs is 1. The Hall–Kier alpha value is -1.16. The van der Waals surface area contributed by atoms with Gasteiger partial charge in [-0.05, 0) is 18.1 Å². The third-order valence-corrected chi connectivity index (χ3v) is 2.36. The molecule has 0 spiro atoms. The molecule has 0 atom stereocenters. The van der Waals surface area contributed by atoms with Gasteiger partial charge in [-0.25, -0.2) is 4.98 Å². The van der Waals surface area contributed by atoms with Crippen LogP contribution in [0.3, 0.4) is 0 Å². The highest BCUT2D eigenvalue weighted by Gasteiger charge is 1.95. The fourth-order valence-corrected chi connectivity index (χ4v) is 1.49. The van der Waals surface area contributed by atoms with E-state index in [9.17, 15) is 0 Å². The van der Waals surface area contributed by atoms with E-state index in [2.05, 4.69) is 49.3 Å². The molecule has 0 radical (unpaired) electrons. The zero-order valence-corrected chi connectivity index (χ0v) is 9.16. The monoisotopic (exact) mass is 251 g/mol. The molecule has 2 aromatic rings. The van der Waals surface area contributed by atoms with Gasteiger partial charge in [-0.3, -0.25) is 5.10 Å². The normalized spacial score (nSPS) is 11.5. The van der Waals surface area contributed by atoms with E-state index < -0.39 is 0 Å².